The monoisotopic (exact) mass is 1150 g/mol. The molecule has 0 saturated heterocycles. The fraction of sp³-hybridized carbons (Fsp3) is 0.167. The minimum atomic E-state index is 0. The molecule has 0 heterocycles. The summed E-state index contributed by atoms with van der Waals surface area (Å²) in [4.78, 5) is 0. The molecule has 0 bridgehead atoms. The van der Waals surface area contributed by atoms with Crippen molar-refractivity contribution in [3.8, 4) is 44.5 Å². The van der Waals surface area contributed by atoms with Crippen LogP contribution in [0.4, 0.5) is 0 Å². The minimum absolute atomic E-state index is 0. The molecule has 0 aliphatic heterocycles. The van der Waals surface area contributed by atoms with Crippen molar-refractivity contribution in [3.63, 3.8) is 0 Å². The summed E-state index contributed by atoms with van der Waals surface area (Å²) in [5.41, 5.74) is 16.3. The quantitative estimate of drug-likeness (QED) is 0.115. The van der Waals surface area contributed by atoms with E-state index in [4.69, 9.17) is 0 Å². The molecule has 2 fully saturated rings. The molecule has 2 aliphatic carbocycles. The second kappa shape index (κ2) is 29.2. The van der Waals surface area contributed by atoms with Crippen LogP contribution in [0.2, 0.25) is 26.2 Å². The Bertz CT molecular complexity index is 3560. The van der Waals surface area contributed by atoms with E-state index >= 15 is 0 Å². The Labute approximate surface area is 501 Å². The fourth-order valence-electron chi connectivity index (χ4n) is 10.1. The molecule has 0 nitrogen and oxygen atoms in total. The summed E-state index contributed by atoms with van der Waals surface area (Å²) in [6.45, 7) is 13.4. The van der Waals surface area contributed by atoms with Crippen molar-refractivity contribution in [2.24, 2.45) is 0 Å². The van der Waals surface area contributed by atoms with E-state index in [0.29, 0.717) is 0 Å². The molecular formula is C72H68Cl2Si2Ti2-2. The van der Waals surface area contributed by atoms with Crippen molar-refractivity contribution in [1.29, 1.82) is 0 Å². The van der Waals surface area contributed by atoms with Crippen LogP contribution in [-0.2, 0) is 38.3 Å². The number of fused-ring (bicyclic) bond motifs is 4. The van der Waals surface area contributed by atoms with Crippen molar-refractivity contribution in [2.75, 3.05) is 0 Å². The Balaban J connectivity index is 0.000000143. The molecule has 2 saturated carbocycles. The third kappa shape index (κ3) is 16.4. The van der Waals surface area contributed by atoms with Crippen LogP contribution in [0.25, 0.3) is 87.6 Å². The van der Waals surface area contributed by atoms with E-state index in [1.807, 2.05) is 0 Å². The zero-order chi connectivity index (χ0) is 53.0. The number of aryl methyl sites for hydroxylation is 2. The van der Waals surface area contributed by atoms with Crippen molar-refractivity contribution in [1.82, 2.24) is 0 Å². The van der Waals surface area contributed by atoms with Gasteiger partial charge in [0, 0.05) is 0 Å². The molecular weight excluding hydrogens is 1090 g/mol. The maximum atomic E-state index is 2.40. The molecule has 0 N–H and O–H groups in total. The van der Waals surface area contributed by atoms with Gasteiger partial charge >= 0.3 is 76.9 Å². The number of hydrogen-bond donors (Lipinski definition) is 0. The summed E-state index contributed by atoms with van der Waals surface area (Å²) in [7, 11) is 0. The molecule has 78 heavy (non-hydrogen) atoms. The van der Waals surface area contributed by atoms with E-state index in [2.05, 4.69) is 321 Å². The number of halogens is 2. The van der Waals surface area contributed by atoms with Gasteiger partial charge in [0.15, 0.2) is 0 Å². The first-order valence-electron chi connectivity index (χ1n) is 26.9. The average Bonchev–Trinajstić information content (AvgIpc) is 4.35. The Morgan fingerprint density at radius 1 is 0.321 bits per heavy atom. The van der Waals surface area contributed by atoms with Gasteiger partial charge in [-0.2, -0.15) is 24.3 Å². The number of benzene rings is 8. The molecule has 12 aromatic rings. The van der Waals surface area contributed by atoms with Crippen LogP contribution in [0, 0.1) is 13.8 Å². The van der Waals surface area contributed by atoms with E-state index in [0.717, 1.165) is 11.8 Å². The van der Waals surface area contributed by atoms with Crippen molar-refractivity contribution >= 4 is 55.5 Å². The maximum absolute atomic E-state index is 2.40. The standard InChI is InChI=1S/2C18H15.2C16H13.2C2H6Si.2ClH.2Ti/c2*1-2-5-14(6-3-1)17-8-4-7-15-11-16(12-18(15)17)13-9-10-13;2*1-12-10-14-8-5-9-15(16(14)11-12)13-6-3-2-4-7-13;2*1-3-2;;;;/h2*1-8,11-13H,9-10H2;2*2-11H,1H3;2*1-2H3;2*1H;;/q4*-1;;;;;2*+2/p-2. The zero-order valence-electron chi connectivity index (χ0n) is 45.8. The van der Waals surface area contributed by atoms with Gasteiger partial charge in [-0.1, -0.05) is 182 Å². The SMILES string of the molecule is C[Si](C)=[Ti+2].C[Si](C)=[Ti+2].Cc1cc2c(-c3ccccc3)cccc2[cH-]1.Cc1cc2c(-c3ccccc3)cccc2[cH-]1.[Cl-].[Cl-].c1ccc(-c2cccc3[cH-]c(C4CC4)cc23)cc1.c1ccc(-c2cccc3[cH-]c(C4CC4)cc23)cc1. The molecule has 0 spiro atoms. The zero-order valence-corrected chi connectivity index (χ0v) is 52.5. The molecule has 2 aliphatic rings. The normalized spacial score (nSPS) is 12.1. The maximum Gasteiger partial charge on any atom is -0.0279 e. The summed E-state index contributed by atoms with van der Waals surface area (Å²) in [5.74, 6) is 1.67. The van der Waals surface area contributed by atoms with Crippen LogP contribution < -0.4 is 24.8 Å². The molecule has 388 valence electrons. The predicted molar refractivity (Wildman–Crippen MR) is 328 cm³/mol. The minimum Gasteiger partial charge on any atom is -1.00 e. The Morgan fingerprint density at radius 2 is 0.551 bits per heavy atom. The fourth-order valence-corrected chi connectivity index (χ4v) is 10.1. The summed E-state index contributed by atoms with van der Waals surface area (Å²) < 4.78 is 0. The molecule has 0 atom stereocenters. The summed E-state index contributed by atoms with van der Waals surface area (Å²) >= 11 is 4.54. The second-order valence-corrected chi connectivity index (χ2v) is 34.3. The molecule has 0 unspecified atom stereocenters. The molecule has 0 radical (unpaired) electrons. The third-order valence-electron chi connectivity index (χ3n) is 13.8. The van der Waals surface area contributed by atoms with Crippen molar-refractivity contribution < 1.29 is 63.2 Å². The van der Waals surface area contributed by atoms with E-state index in [1.54, 1.807) is 0 Å². The average molecular weight is 1160 g/mol. The first kappa shape index (κ1) is 60.3. The van der Waals surface area contributed by atoms with Crippen molar-refractivity contribution in [2.45, 2.75) is 77.6 Å². The van der Waals surface area contributed by atoms with E-state index in [-0.39, 0.29) is 37.2 Å². The van der Waals surface area contributed by atoms with Crippen molar-refractivity contribution in [3.05, 3.63) is 265 Å². The van der Waals surface area contributed by atoms with Gasteiger partial charge in [-0.05, 0) is 59.8 Å². The van der Waals surface area contributed by atoms with Gasteiger partial charge in [0.1, 0.15) is 0 Å². The van der Waals surface area contributed by atoms with E-state index in [9.17, 15) is 0 Å². The van der Waals surface area contributed by atoms with E-state index in [1.165, 1.54) is 136 Å². The van der Waals surface area contributed by atoms with E-state index < -0.39 is 0 Å². The molecule has 6 heteroatoms. The topological polar surface area (TPSA) is 0 Å². The van der Waals surface area contributed by atoms with Crippen LogP contribution in [0.5, 0.6) is 0 Å². The number of hydrogen-bond acceptors (Lipinski definition) is 0. The second-order valence-electron chi connectivity index (χ2n) is 20.9. The van der Waals surface area contributed by atoms with Gasteiger partial charge in [0.2, 0.25) is 0 Å². The van der Waals surface area contributed by atoms with Gasteiger partial charge < -0.3 is 24.8 Å². The Morgan fingerprint density at radius 3 is 0.795 bits per heavy atom. The van der Waals surface area contributed by atoms with Crippen LogP contribution in [0.15, 0.2) is 243 Å². The Hall–Kier alpha value is -5.36. The van der Waals surface area contributed by atoms with Crippen LogP contribution >= 0.6 is 0 Å². The summed E-state index contributed by atoms with van der Waals surface area (Å²) in [5, 5.41) is 11.0. The van der Waals surface area contributed by atoms with Gasteiger partial charge in [-0.25, -0.2) is 0 Å². The molecule has 12 aromatic carbocycles. The van der Waals surface area contributed by atoms with Gasteiger partial charge in [0.25, 0.3) is 0 Å². The third-order valence-corrected chi connectivity index (χ3v) is 13.8. The van der Waals surface area contributed by atoms with Crippen LogP contribution in [-0.4, -0.2) is 12.4 Å². The smallest absolute Gasteiger partial charge is 0.0279 e. The Kier molecular flexibility index (Phi) is 22.6. The van der Waals surface area contributed by atoms with Crippen LogP contribution in [0.1, 0.15) is 59.8 Å². The van der Waals surface area contributed by atoms with Crippen LogP contribution in [0.3, 0.4) is 0 Å². The molecule has 14 rings (SSSR count). The largest absolute Gasteiger partial charge is 1.00 e. The molecule has 0 aromatic heterocycles. The van der Waals surface area contributed by atoms with Gasteiger partial charge in [-0.3, -0.25) is 0 Å². The van der Waals surface area contributed by atoms with Gasteiger partial charge in [-0.15, -0.1) is 138 Å². The summed E-state index contributed by atoms with van der Waals surface area (Å²) in [6.07, 6.45) is 5.73. The first-order valence-corrected chi connectivity index (χ1v) is 36.6. The molecule has 0 amide bonds. The van der Waals surface area contributed by atoms with Gasteiger partial charge in [0.05, 0.1) is 0 Å². The first-order chi connectivity index (χ1) is 37.0. The summed E-state index contributed by atoms with van der Waals surface area (Å²) in [6, 6.07) is 87.3. The number of rotatable bonds is 6. The predicted octanol–water partition coefficient (Wildman–Crippen LogP) is 14.9.